The lowest BCUT2D eigenvalue weighted by Gasteiger charge is -2.28. The number of aliphatic hydroxyl groups is 2. The molecule has 0 spiro atoms. The summed E-state index contributed by atoms with van der Waals surface area (Å²) in [7, 11) is 0. The third-order valence-corrected chi connectivity index (χ3v) is 4.40. The molecule has 1 aromatic carbocycles. The van der Waals surface area contributed by atoms with E-state index in [1.165, 1.54) is 0 Å². The molecular formula is C18H26N2O4. The maximum Gasteiger partial charge on any atom is 0.245 e. The first-order chi connectivity index (χ1) is 11.3. The third-order valence-electron chi connectivity index (χ3n) is 4.40. The number of aliphatic hydroxyl groups excluding tert-OH is 2. The molecule has 2 amide bonds. The number of hydrogen-bond acceptors (Lipinski definition) is 4. The van der Waals surface area contributed by atoms with Gasteiger partial charge >= 0.3 is 0 Å². The number of hydrogen-bond donors (Lipinski definition) is 4. The molecule has 0 radical (unpaired) electrons. The van der Waals surface area contributed by atoms with Crippen LogP contribution in [0.2, 0.25) is 0 Å². The van der Waals surface area contributed by atoms with Crippen molar-refractivity contribution in [3.05, 3.63) is 35.9 Å². The van der Waals surface area contributed by atoms with Gasteiger partial charge in [-0.2, -0.15) is 0 Å². The number of amides is 2. The zero-order valence-corrected chi connectivity index (χ0v) is 14.2. The largest absolute Gasteiger partial charge is 0.390 e. The molecule has 3 atom stereocenters. The highest BCUT2D eigenvalue weighted by molar-refractivity contribution is 5.91. The van der Waals surface area contributed by atoms with Gasteiger partial charge in [0.15, 0.2) is 0 Å². The summed E-state index contributed by atoms with van der Waals surface area (Å²) >= 11 is 0. The zero-order valence-electron chi connectivity index (χ0n) is 14.2. The van der Waals surface area contributed by atoms with Crippen LogP contribution in [0.3, 0.4) is 0 Å². The zero-order chi connectivity index (χ0) is 17.7. The minimum Gasteiger partial charge on any atom is -0.390 e. The summed E-state index contributed by atoms with van der Waals surface area (Å²) in [5.41, 5.74) is -0.0147. The van der Waals surface area contributed by atoms with Gasteiger partial charge in [0.1, 0.15) is 5.54 Å². The van der Waals surface area contributed by atoms with E-state index >= 15 is 0 Å². The minimum atomic E-state index is -1.08. The average molecular weight is 334 g/mol. The Morgan fingerprint density at radius 2 is 1.83 bits per heavy atom. The van der Waals surface area contributed by atoms with Gasteiger partial charge in [0.2, 0.25) is 11.8 Å². The lowest BCUT2D eigenvalue weighted by molar-refractivity contribution is -0.133. The predicted octanol–water partition coefficient (Wildman–Crippen LogP) is 0.514. The summed E-state index contributed by atoms with van der Waals surface area (Å²) in [6.45, 7) is 3.25. The molecule has 2 rings (SSSR count). The highest BCUT2D eigenvalue weighted by Crippen LogP contribution is 2.20. The second-order valence-corrected chi connectivity index (χ2v) is 6.87. The molecule has 24 heavy (non-hydrogen) atoms. The van der Waals surface area contributed by atoms with Crippen LogP contribution in [0.5, 0.6) is 0 Å². The first-order valence-electron chi connectivity index (χ1n) is 8.31. The number of benzene rings is 1. The maximum atomic E-state index is 12.4. The van der Waals surface area contributed by atoms with Gasteiger partial charge in [-0.25, -0.2) is 0 Å². The molecule has 6 heteroatoms. The van der Waals surface area contributed by atoms with Gasteiger partial charge < -0.3 is 20.8 Å². The molecule has 4 N–H and O–H groups in total. The second-order valence-electron chi connectivity index (χ2n) is 6.87. The van der Waals surface area contributed by atoms with Gasteiger partial charge in [-0.1, -0.05) is 30.3 Å². The van der Waals surface area contributed by atoms with Crippen molar-refractivity contribution in [1.29, 1.82) is 0 Å². The SMILES string of the molecule is CC(C)(NC(=O)CCc1ccccc1)C(=O)N[C@@H]1CC[C@@H](O)[C@@H]1O. The molecule has 1 aliphatic rings. The first kappa shape index (κ1) is 18.4. The summed E-state index contributed by atoms with van der Waals surface area (Å²) < 4.78 is 0. The van der Waals surface area contributed by atoms with Gasteiger partial charge in [-0.3, -0.25) is 9.59 Å². The molecule has 1 fully saturated rings. The van der Waals surface area contributed by atoms with Gasteiger partial charge in [-0.15, -0.1) is 0 Å². The van der Waals surface area contributed by atoms with Crippen molar-refractivity contribution < 1.29 is 19.8 Å². The van der Waals surface area contributed by atoms with E-state index < -0.39 is 23.8 Å². The van der Waals surface area contributed by atoms with Crippen molar-refractivity contribution in [3.8, 4) is 0 Å². The summed E-state index contributed by atoms with van der Waals surface area (Å²) in [5, 5.41) is 24.8. The van der Waals surface area contributed by atoms with Crippen molar-refractivity contribution in [1.82, 2.24) is 10.6 Å². The van der Waals surface area contributed by atoms with Crippen LogP contribution in [-0.4, -0.2) is 45.8 Å². The van der Waals surface area contributed by atoms with Crippen molar-refractivity contribution in [2.45, 2.75) is 63.3 Å². The van der Waals surface area contributed by atoms with Crippen LogP contribution in [0.15, 0.2) is 30.3 Å². The fraction of sp³-hybridized carbons (Fsp3) is 0.556. The highest BCUT2D eigenvalue weighted by Gasteiger charge is 2.38. The van der Waals surface area contributed by atoms with Gasteiger partial charge in [-0.05, 0) is 38.7 Å². The monoisotopic (exact) mass is 334 g/mol. The van der Waals surface area contributed by atoms with Gasteiger partial charge in [0.05, 0.1) is 18.2 Å². The number of carbonyl (C=O) groups excluding carboxylic acids is 2. The van der Waals surface area contributed by atoms with Gasteiger partial charge in [0, 0.05) is 6.42 Å². The van der Waals surface area contributed by atoms with E-state index in [4.69, 9.17) is 0 Å². The number of aryl methyl sites for hydroxylation is 1. The summed E-state index contributed by atoms with van der Waals surface area (Å²) in [4.78, 5) is 24.5. The van der Waals surface area contributed by atoms with E-state index in [1.807, 2.05) is 30.3 Å². The van der Waals surface area contributed by atoms with E-state index in [0.29, 0.717) is 25.7 Å². The molecule has 1 saturated carbocycles. The Labute approximate surface area is 142 Å². The molecule has 0 aromatic heterocycles. The van der Waals surface area contributed by atoms with Crippen LogP contribution in [0.4, 0.5) is 0 Å². The molecule has 0 heterocycles. The quantitative estimate of drug-likeness (QED) is 0.609. The lowest BCUT2D eigenvalue weighted by atomic mass is 10.0. The molecule has 6 nitrogen and oxygen atoms in total. The van der Waals surface area contributed by atoms with E-state index in [1.54, 1.807) is 13.8 Å². The average Bonchev–Trinajstić information content (AvgIpc) is 2.85. The van der Waals surface area contributed by atoms with Crippen LogP contribution in [-0.2, 0) is 16.0 Å². The lowest BCUT2D eigenvalue weighted by Crippen LogP contribution is -2.58. The Morgan fingerprint density at radius 1 is 1.17 bits per heavy atom. The topological polar surface area (TPSA) is 98.7 Å². The first-order valence-corrected chi connectivity index (χ1v) is 8.31. The summed E-state index contributed by atoms with van der Waals surface area (Å²) in [6.07, 6.45) is 0.114. The maximum absolute atomic E-state index is 12.4. The Bertz CT molecular complexity index is 574. The number of carbonyl (C=O) groups is 2. The molecule has 0 bridgehead atoms. The highest BCUT2D eigenvalue weighted by atomic mass is 16.3. The van der Waals surface area contributed by atoms with Crippen LogP contribution in [0.25, 0.3) is 0 Å². The smallest absolute Gasteiger partial charge is 0.245 e. The minimum absolute atomic E-state index is 0.203. The normalized spacial score (nSPS) is 23.8. The van der Waals surface area contributed by atoms with E-state index in [9.17, 15) is 19.8 Å². The number of rotatable bonds is 6. The Kier molecular flexibility index (Phi) is 5.96. The Balaban J connectivity index is 1.83. The van der Waals surface area contributed by atoms with Crippen LogP contribution in [0.1, 0.15) is 38.7 Å². The Morgan fingerprint density at radius 3 is 2.42 bits per heavy atom. The molecule has 0 saturated heterocycles. The molecule has 0 unspecified atom stereocenters. The molecule has 1 aromatic rings. The van der Waals surface area contributed by atoms with Crippen LogP contribution in [0, 0.1) is 0 Å². The third kappa shape index (κ3) is 4.79. The van der Waals surface area contributed by atoms with Crippen molar-refractivity contribution in [2.24, 2.45) is 0 Å². The van der Waals surface area contributed by atoms with Crippen LogP contribution >= 0.6 is 0 Å². The predicted molar refractivity (Wildman–Crippen MR) is 90.2 cm³/mol. The summed E-state index contributed by atoms with van der Waals surface area (Å²) in [5.74, 6) is -0.570. The van der Waals surface area contributed by atoms with E-state index in [0.717, 1.165) is 5.56 Å². The fourth-order valence-corrected chi connectivity index (χ4v) is 2.84. The standard InChI is InChI=1S/C18H26N2O4/c1-18(2,17(24)19-13-9-10-14(21)16(13)23)20-15(22)11-8-12-6-4-3-5-7-12/h3-7,13-14,16,21,23H,8-11H2,1-2H3,(H,19,24)(H,20,22)/t13-,14-,16-/m1/s1. The van der Waals surface area contributed by atoms with Crippen molar-refractivity contribution in [3.63, 3.8) is 0 Å². The summed E-state index contributed by atoms with van der Waals surface area (Å²) in [6, 6.07) is 9.20. The van der Waals surface area contributed by atoms with E-state index in [-0.39, 0.29) is 11.8 Å². The molecule has 132 valence electrons. The second kappa shape index (κ2) is 7.77. The van der Waals surface area contributed by atoms with Gasteiger partial charge in [0.25, 0.3) is 0 Å². The van der Waals surface area contributed by atoms with Crippen molar-refractivity contribution >= 4 is 11.8 Å². The molecular weight excluding hydrogens is 308 g/mol. The van der Waals surface area contributed by atoms with Crippen LogP contribution < -0.4 is 10.6 Å². The molecule has 0 aliphatic heterocycles. The Hall–Kier alpha value is -1.92. The molecule has 1 aliphatic carbocycles. The van der Waals surface area contributed by atoms with E-state index in [2.05, 4.69) is 10.6 Å². The number of nitrogens with one attached hydrogen (secondary N) is 2. The fourth-order valence-electron chi connectivity index (χ4n) is 2.84. The van der Waals surface area contributed by atoms with Crippen molar-refractivity contribution in [2.75, 3.05) is 0 Å².